The summed E-state index contributed by atoms with van der Waals surface area (Å²) in [6.07, 6.45) is -11.4. The molecule has 7 rings (SSSR count). The highest BCUT2D eigenvalue weighted by Gasteiger charge is 2.55. The molecule has 45 heavy (non-hydrogen) atoms. The number of phosphoric ester groups is 2. The van der Waals surface area contributed by atoms with E-state index in [1.165, 1.54) is 18.6 Å². The normalized spacial score (nSPS) is 37.7. The Kier molecular flexibility index (Phi) is 7.28. The minimum Gasteiger partial charge on any atom is -0.397 e. The Labute approximate surface area is 248 Å². The summed E-state index contributed by atoms with van der Waals surface area (Å²) in [6.45, 7) is -1.92. The van der Waals surface area contributed by atoms with Gasteiger partial charge >= 0.3 is 15.6 Å². The molecule has 0 radical (unpaired) electrons. The average molecular weight is 677 g/mol. The third-order valence-electron chi connectivity index (χ3n) is 7.34. The first-order valence-corrected chi connectivity index (χ1v) is 16.0. The highest BCUT2D eigenvalue weighted by molar-refractivity contribution is 7.47. The van der Waals surface area contributed by atoms with Crippen molar-refractivity contribution in [2.24, 2.45) is 0 Å². The standard InChI is InChI=1S/C21H23F2N9O11P2/c22-10-8-3-38-44(34,35)42-14-9(41-19(11(14)23)31-5-27-12-7(24)1-2-26-16(12)31)4-39-45(36,37)43-15(10)20(40-8)32-6-28-13-17(32)29-21(25)30-18(13)33/h1-2,5-6,8-11,14-15,19-20H,3-4H2,(H2,24,26)(H,34,35)(H,36,37)(H3,25,29,30,33)/t8-,9-,10-,11+,14-,15-,19-,20-/m1/s1. The van der Waals surface area contributed by atoms with Crippen molar-refractivity contribution in [1.29, 1.82) is 0 Å². The number of anilines is 2. The van der Waals surface area contributed by atoms with Crippen LogP contribution >= 0.6 is 15.6 Å². The van der Waals surface area contributed by atoms with Gasteiger partial charge in [0.15, 0.2) is 41.6 Å². The molecule has 3 saturated heterocycles. The zero-order valence-electron chi connectivity index (χ0n) is 22.4. The van der Waals surface area contributed by atoms with Crippen molar-refractivity contribution >= 4 is 49.6 Å². The maximum atomic E-state index is 15.9. The molecule has 20 nitrogen and oxygen atoms in total. The Bertz CT molecular complexity index is 1940. The Hall–Kier alpha value is -3.43. The maximum Gasteiger partial charge on any atom is 0.472 e. The van der Waals surface area contributed by atoms with Gasteiger partial charge in [-0.1, -0.05) is 0 Å². The summed E-state index contributed by atoms with van der Waals surface area (Å²) in [6, 6.07) is 1.47. The molecule has 242 valence electrons. The number of alkyl halides is 2. The fourth-order valence-electron chi connectivity index (χ4n) is 5.32. The summed E-state index contributed by atoms with van der Waals surface area (Å²) in [5.74, 6) is -0.323. The number of halogens is 2. The van der Waals surface area contributed by atoms with Crippen molar-refractivity contribution in [3.63, 3.8) is 0 Å². The smallest absolute Gasteiger partial charge is 0.397 e. The number of pyridine rings is 1. The molecule has 0 amide bonds. The van der Waals surface area contributed by atoms with Gasteiger partial charge in [-0.3, -0.25) is 37.0 Å². The van der Waals surface area contributed by atoms with Gasteiger partial charge in [0.25, 0.3) is 5.56 Å². The number of rotatable bonds is 2. The van der Waals surface area contributed by atoms with E-state index < -0.39 is 83.6 Å². The summed E-state index contributed by atoms with van der Waals surface area (Å²) in [7, 11) is -10.4. The van der Waals surface area contributed by atoms with Crippen molar-refractivity contribution in [2.45, 2.75) is 49.2 Å². The lowest BCUT2D eigenvalue weighted by Gasteiger charge is -2.25. The van der Waals surface area contributed by atoms with Gasteiger partial charge in [-0.25, -0.2) is 32.9 Å². The fraction of sp³-hybridized carbons (Fsp3) is 0.476. The first kappa shape index (κ1) is 30.2. The van der Waals surface area contributed by atoms with Crippen LogP contribution < -0.4 is 17.0 Å². The van der Waals surface area contributed by atoms with E-state index in [1.807, 2.05) is 0 Å². The van der Waals surface area contributed by atoms with Gasteiger partial charge in [0, 0.05) is 6.20 Å². The summed E-state index contributed by atoms with van der Waals surface area (Å²) in [5, 5.41) is 0. The molecular formula is C21H23F2N9O11P2. The van der Waals surface area contributed by atoms with Gasteiger partial charge in [-0.2, -0.15) is 4.98 Å². The monoisotopic (exact) mass is 677 g/mol. The molecule has 4 aromatic heterocycles. The van der Waals surface area contributed by atoms with E-state index >= 15 is 8.78 Å². The Morgan fingerprint density at radius 3 is 2.22 bits per heavy atom. The highest BCUT2D eigenvalue weighted by Crippen LogP contribution is 2.54. The topological polar surface area (TPSA) is 276 Å². The Morgan fingerprint density at radius 2 is 1.49 bits per heavy atom. The van der Waals surface area contributed by atoms with Crippen LogP contribution in [0.5, 0.6) is 0 Å². The van der Waals surface area contributed by atoms with Crippen molar-refractivity contribution < 1.29 is 55.3 Å². The van der Waals surface area contributed by atoms with Crippen molar-refractivity contribution in [3.8, 4) is 0 Å². The number of imidazole rings is 2. The molecule has 4 aromatic rings. The van der Waals surface area contributed by atoms with Gasteiger partial charge in [0.2, 0.25) is 5.95 Å². The number of aromatic nitrogens is 7. The average Bonchev–Trinajstić information content (AvgIpc) is 3.72. The maximum absolute atomic E-state index is 15.9. The predicted molar refractivity (Wildman–Crippen MR) is 143 cm³/mol. The zero-order chi connectivity index (χ0) is 31.8. The molecule has 10 atom stereocenters. The molecule has 0 aliphatic carbocycles. The van der Waals surface area contributed by atoms with Crippen LogP contribution in [0.1, 0.15) is 12.5 Å². The molecule has 0 spiro atoms. The largest absolute Gasteiger partial charge is 0.472 e. The van der Waals surface area contributed by atoms with E-state index in [9.17, 15) is 23.7 Å². The Balaban J connectivity index is 1.21. The van der Waals surface area contributed by atoms with Gasteiger partial charge in [0.05, 0.1) is 31.6 Å². The Morgan fingerprint density at radius 1 is 0.867 bits per heavy atom. The van der Waals surface area contributed by atoms with E-state index in [2.05, 4.69) is 24.9 Å². The van der Waals surface area contributed by atoms with Crippen molar-refractivity contribution in [1.82, 2.24) is 34.1 Å². The number of fused-ring (bicyclic) bond motifs is 5. The van der Waals surface area contributed by atoms with E-state index in [-0.39, 0.29) is 34.0 Å². The zero-order valence-corrected chi connectivity index (χ0v) is 24.2. The molecule has 0 saturated carbocycles. The quantitative estimate of drug-likeness (QED) is 0.177. The molecule has 7 N–H and O–H groups in total. The van der Waals surface area contributed by atoms with Crippen LogP contribution in [0.4, 0.5) is 20.4 Å². The van der Waals surface area contributed by atoms with Crippen LogP contribution in [0, 0.1) is 0 Å². The molecular weight excluding hydrogens is 654 g/mol. The van der Waals surface area contributed by atoms with Crippen LogP contribution in [0.25, 0.3) is 22.3 Å². The second-order valence-corrected chi connectivity index (χ2v) is 13.0. The minimum absolute atomic E-state index is 0.107. The molecule has 3 aliphatic rings. The second-order valence-electron chi connectivity index (χ2n) is 10.2. The molecule has 24 heteroatoms. The number of hydrogen-bond acceptors (Lipinski definition) is 15. The molecule has 7 heterocycles. The fourth-order valence-corrected chi connectivity index (χ4v) is 7.20. The molecule has 0 aromatic carbocycles. The summed E-state index contributed by atoms with van der Waals surface area (Å²) >= 11 is 0. The number of nitrogens with zero attached hydrogens (tertiary/aromatic N) is 6. The third kappa shape index (κ3) is 5.31. The molecule has 2 unspecified atom stereocenters. The first-order chi connectivity index (χ1) is 21.3. The number of H-pyrrole nitrogens is 1. The van der Waals surface area contributed by atoms with Crippen LogP contribution in [-0.4, -0.2) is 93.8 Å². The van der Waals surface area contributed by atoms with Gasteiger partial charge in [-0.15, -0.1) is 0 Å². The van der Waals surface area contributed by atoms with Gasteiger partial charge in [0.1, 0.15) is 29.9 Å². The first-order valence-electron chi connectivity index (χ1n) is 13.0. The number of nitrogens with one attached hydrogen (secondary N) is 1. The van der Waals surface area contributed by atoms with E-state index in [4.69, 9.17) is 39.0 Å². The van der Waals surface area contributed by atoms with Crippen LogP contribution in [0.2, 0.25) is 0 Å². The third-order valence-corrected chi connectivity index (χ3v) is 9.31. The molecule has 2 bridgehead atoms. The van der Waals surface area contributed by atoms with Crippen molar-refractivity contribution in [3.05, 3.63) is 35.3 Å². The number of nitrogens with two attached hydrogens (primary N) is 2. The lowest BCUT2D eigenvalue weighted by molar-refractivity contribution is -0.0669. The number of hydrogen-bond donors (Lipinski definition) is 5. The summed E-state index contributed by atoms with van der Waals surface area (Å²) < 4.78 is 91.4. The number of phosphoric acid groups is 2. The van der Waals surface area contributed by atoms with Crippen LogP contribution in [0.15, 0.2) is 29.7 Å². The van der Waals surface area contributed by atoms with Crippen LogP contribution in [-0.2, 0) is 36.7 Å². The lowest BCUT2D eigenvalue weighted by atomic mass is 10.1. The number of aromatic amines is 1. The minimum atomic E-state index is -5.23. The van der Waals surface area contributed by atoms with E-state index in [0.717, 1.165) is 15.5 Å². The van der Waals surface area contributed by atoms with Crippen LogP contribution in [0.3, 0.4) is 0 Å². The second kappa shape index (κ2) is 10.8. The number of ether oxygens (including phenoxy) is 2. The van der Waals surface area contributed by atoms with Gasteiger partial charge in [-0.05, 0) is 6.07 Å². The molecule has 3 fully saturated rings. The summed E-state index contributed by atoms with van der Waals surface area (Å²) in [4.78, 5) is 51.7. The predicted octanol–water partition coefficient (Wildman–Crippen LogP) is 0.218. The van der Waals surface area contributed by atoms with E-state index in [1.54, 1.807) is 0 Å². The van der Waals surface area contributed by atoms with Crippen molar-refractivity contribution in [2.75, 3.05) is 24.7 Å². The number of nitrogen functional groups attached to an aromatic ring is 2. The van der Waals surface area contributed by atoms with E-state index in [0.29, 0.717) is 0 Å². The summed E-state index contributed by atoms with van der Waals surface area (Å²) in [5.41, 5.74) is 10.9. The highest BCUT2D eigenvalue weighted by atomic mass is 31.2. The lowest BCUT2D eigenvalue weighted by Crippen LogP contribution is -2.34. The van der Waals surface area contributed by atoms with Gasteiger partial charge < -0.3 is 30.7 Å². The molecule has 3 aliphatic heterocycles. The SMILES string of the molecule is Nc1nc2c(ncn2[C@@H]2O[C@@H]3COP(=O)(O)O[C@H]4[C@H](F)[C@H](n5cnc6c(N)ccnc65)O[C@@H]4COP(=O)(O)O[C@@H]2[C@@H]3F)c(=O)[nH]1.